The van der Waals surface area contributed by atoms with Crippen molar-refractivity contribution in [1.82, 2.24) is 5.48 Å². The molecule has 0 aromatic heterocycles. The van der Waals surface area contributed by atoms with Gasteiger partial charge in [0.2, 0.25) is 5.91 Å². The first-order chi connectivity index (χ1) is 13.0. The molecular weight excluding hydrogens is 370 g/mol. The lowest BCUT2D eigenvalue weighted by molar-refractivity contribution is -0.200. The normalized spacial score (nSPS) is 27.7. The Balaban J connectivity index is 1.78. The van der Waals surface area contributed by atoms with Gasteiger partial charge in [-0.3, -0.25) is 4.79 Å². The molecule has 1 N–H and O–H groups in total. The summed E-state index contributed by atoms with van der Waals surface area (Å²) >= 11 is 0. The van der Waals surface area contributed by atoms with Crippen molar-refractivity contribution in [3.05, 3.63) is 29.8 Å². The molecule has 0 radical (unpaired) electrons. The van der Waals surface area contributed by atoms with Gasteiger partial charge in [0.25, 0.3) is 0 Å². The van der Waals surface area contributed by atoms with Crippen molar-refractivity contribution >= 4 is 15.7 Å². The van der Waals surface area contributed by atoms with E-state index in [9.17, 15) is 13.2 Å². The molecule has 2 saturated heterocycles. The van der Waals surface area contributed by atoms with Crippen molar-refractivity contribution < 1.29 is 27.5 Å². The van der Waals surface area contributed by atoms with Crippen LogP contribution in [-0.2, 0) is 29.0 Å². The van der Waals surface area contributed by atoms with Crippen molar-refractivity contribution in [3.8, 4) is 5.75 Å². The molecule has 0 aliphatic carbocycles. The number of methoxy groups -OCH3 is 1. The minimum absolute atomic E-state index is 0.0822. The fourth-order valence-electron chi connectivity index (χ4n) is 3.80. The standard InChI is InChI=1S/C19H27NO6S/c1-24-16-9-7-15(8-10-16)19(11-3-5-13-27(19,22)23)14-17(21)20-26-18-6-2-4-12-25-18/h7-10,18H,2-6,11-14H2,1H3,(H,20,21). The lowest BCUT2D eigenvalue weighted by Crippen LogP contribution is -2.45. The van der Waals surface area contributed by atoms with Gasteiger partial charge in [0.05, 0.1) is 19.3 Å². The van der Waals surface area contributed by atoms with E-state index in [1.807, 2.05) is 0 Å². The number of nitrogens with one attached hydrogen (secondary N) is 1. The first kappa shape index (κ1) is 20.1. The number of sulfone groups is 1. The third-order valence-corrected chi connectivity index (χ3v) is 7.94. The molecule has 1 aromatic carbocycles. The van der Waals surface area contributed by atoms with E-state index in [2.05, 4.69) is 5.48 Å². The van der Waals surface area contributed by atoms with Gasteiger partial charge in [0.1, 0.15) is 10.5 Å². The molecule has 2 atom stereocenters. The van der Waals surface area contributed by atoms with E-state index in [1.54, 1.807) is 31.4 Å². The van der Waals surface area contributed by atoms with Gasteiger partial charge in [-0.25, -0.2) is 18.7 Å². The van der Waals surface area contributed by atoms with Crippen LogP contribution in [0.1, 0.15) is 50.5 Å². The van der Waals surface area contributed by atoms with Crippen LogP contribution in [-0.4, -0.2) is 40.1 Å². The molecule has 8 heteroatoms. The smallest absolute Gasteiger partial charge is 0.245 e. The van der Waals surface area contributed by atoms with E-state index < -0.39 is 26.8 Å². The van der Waals surface area contributed by atoms with Gasteiger partial charge in [-0.2, -0.15) is 0 Å². The third kappa shape index (κ3) is 4.44. The summed E-state index contributed by atoms with van der Waals surface area (Å²) in [5.74, 6) is 0.272. The van der Waals surface area contributed by atoms with Gasteiger partial charge in [-0.1, -0.05) is 18.6 Å². The zero-order valence-electron chi connectivity index (χ0n) is 15.6. The summed E-state index contributed by atoms with van der Waals surface area (Å²) in [6, 6.07) is 6.93. The highest BCUT2D eigenvalue weighted by Gasteiger charge is 2.48. The average molecular weight is 397 g/mol. The minimum Gasteiger partial charge on any atom is -0.497 e. The summed E-state index contributed by atoms with van der Waals surface area (Å²) in [6.45, 7) is 0.602. The van der Waals surface area contributed by atoms with Crippen molar-refractivity contribution in [2.75, 3.05) is 19.5 Å². The van der Waals surface area contributed by atoms with Crippen LogP contribution in [0.2, 0.25) is 0 Å². The van der Waals surface area contributed by atoms with E-state index in [4.69, 9.17) is 14.3 Å². The van der Waals surface area contributed by atoms with Crippen molar-refractivity contribution in [1.29, 1.82) is 0 Å². The molecule has 150 valence electrons. The van der Waals surface area contributed by atoms with Crippen molar-refractivity contribution in [2.24, 2.45) is 0 Å². The topological polar surface area (TPSA) is 90.9 Å². The molecule has 27 heavy (non-hydrogen) atoms. The molecule has 1 amide bonds. The summed E-state index contributed by atoms with van der Waals surface area (Å²) < 4.78 is 35.4. The first-order valence-electron chi connectivity index (χ1n) is 9.40. The quantitative estimate of drug-likeness (QED) is 0.742. The summed E-state index contributed by atoms with van der Waals surface area (Å²) in [5.41, 5.74) is 3.02. The Morgan fingerprint density at radius 1 is 1.22 bits per heavy atom. The Kier molecular flexibility index (Phi) is 6.39. The lowest BCUT2D eigenvalue weighted by atomic mass is 9.88. The highest BCUT2D eigenvalue weighted by Crippen LogP contribution is 2.43. The maximum Gasteiger partial charge on any atom is 0.245 e. The van der Waals surface area contributed by atoms with Gasteiger partial charge in [0.15, 0.2) is 16.1 Å². The number of hydrogen-bond acceptors (Lipinski definition) is 6. The fourth-order valence-corrected chi connectivity index (χ4v) is 6.08. The second-order valence-electron chi connectivity index (χ2n) is 7.11. The van der Waals surface area contributed by atoms with Gasteiger partial charge < -0.3 is 9.47 Å². The molecule has 2 aliphatic rings. The van der Waals surface area contributed by atoms with E-state index in [0.717, 1.165) is 19.3 Å². The summed E-state index contributed by atoms with van der Waals surface area (Å²) in [4.78, 5) is 17.9. The van der Waals surface area contributed by atoms with Crippen LogP contribution in [0, 0.1) is 0 Å². The maximum atomic E-state index is 13.0. The van der Waals surface area contributed by atoms with Gasteiger partial charge in [-0.15, -0.1) is 0 Å². The van der Waals surface area contributed by atoms with Crippen LogP contribution in [0.15, 0.2) is 24.3 Å². The summed E-state index contributed by atoms with van der Waals surface area (Å²) in [5, 5.41) is 0. The highest BCUT2D eigenvalue weighted by atomic mass is 32.2. The summed E-state index contributed by atoms with van der Waals surface area (Å²) in [6.07, 6.45) is 3.81. The Bertz CT molecular complexity index is 742. The zero-order valence-corrected chi connectivity index (χ0v) is 16.4. The van der Waals surface area contributed by atoms with Gasteiger partial charge >= 0.3 is 0 Å². The van der Waals surface area contributed by atoms with Gasteiger partial charge in [0, 0.05) is 13.0 Å². The van der Waals surface area contributed by atoms with E-state index in [-0.39, 0.29) is 12.2 Å². The Morgan fingerprint density at radius 2 is 2.00 bits per heavy atom. The number of benzene rings is 1. The van der Waals surface area contributed by atoms with E-state index in [0.29, 0.717) is 37.2 Å². The molecule has 1 aromatic rings. The lowest BCUT2D eigenvalue weighted by Gasteiger charge is -2.37. The van der Waals surface area contributed by atoms with Crippen LogP contribution in [0.4, 0.5) is 0 Å². The molecule has 2 unspecified atom stereocenters. The number of hydroxylamine groups is 1. The number of amides is 1. The van der Waals surface area contributed by atoms with Crippen LogP contribution in [0.3, 0.4) is 0 Å². The predicted molar refractivity (Wildman–Crippen MR) is 99.7 cm³/mol. The molecule has 7 nitrogen and oxygen atoms in total. The molecule has 0 bridgehead atoms. The van der Waals surface area contributed by atoms with Crippen LogP contribution in [0.25, 0.3) is 0 Å². The molecule has 3 rings (SSSR count). The number of rotatable bonds is 6. The molecule has 2 aliphatic heterocycles. The average Bonchev–Trinajstić information content (AvgIpc) is 2.69. The fraction of sp³-hybridized carbons (Fsp3) is 0.632. The number of carbonyl (C=O) groups is 1. The molecule has 2 fully saturated rings. The Hall–Kier alpha value is -1.64. The van der Waals surface area contributed by atoms with Crippen LogP contribution < -0.4 is 10.2 Å². The number of hydrogen-bond donors (Lipinski definition) is 1. The Labute approximate surface area is 160 Å². The number of ether oxygens (including phenoxy) is 2. The highest BCUT2D eigenvalue weighted by molar-refractivity contribution is 7.92. The zero-order chi connectivity index (χ0) is 19.3. The predicted octanol–water partition coefficient (Wildman–Crippen LogP) is 2.45. The second-order valence-corrected chi connectivity index (χ2v) is 9.53. The molecule has 0 saturated carbocycles. The first-order valence-corrected chi connectivity index (χ1v) is 11.0. The summed E-state index contributed by atoms with van der Waals surface area (Å²) in [7, 11) is -1.93. The molecule has 0 spiro atoms. The Morgan fingerprint density at radius 3 is 2.63 bits per heavy atom. The van der Waals surface area contributed by atoms with Crippen LogP contribution >= 0.6 is 0 Å². The maximum absolute atomic E-state index is 13.0. The third-order valence-electron chi connectivity index (χ3n) is 5.34. The minimum atomic E-state index is -3.48. The largest absolute Gasteiger partial charge is 0.497 e. The SMILES string of the molecule is COc1ccc(C2(CC(=O)NOC3CCCCO3)CCCCS2(=O)=O)cc1. The second kappa shape index (κ2) is 8.58. The molecular formula is C19H27NO6S. The van der Waals surface area contributed by atoms with Crippen molar-refractivity contribution in [2.45, 2.75) is 56.0 Å². The number of carbonyl (C=O) groups excluding carboxylic acids is 1. The van der Waals surface area contributed by atoms with Crippen LogP contribution in [0.5, 0.6) is 5.75 Å². The van der Waals surface area contributed by atoms with Gasteiger partial charge in [-0.05, 0) is 43.4 Å². The monoisotopic (exact) mass is 397 g/mol. The molecule has 2 heterocycles. The van der Waals surface area contributed by atoms with E-state index in [1.165, 1.54) is 0 Å². The van der Waals surface area contributed by atoms with Crippen molar-refractivity contribution in [3.63, 3.8) is 0 Å². The van der Waals surface area contributed by atoms with E-state index >= 15 is 0 Å².